The number of aromatic amines is 8. The van der Waals surface area contributed by atoms with Crippen molar-refractivity contribution in [2.24, 2.45) is 0 Å². The topological polar surface area (TPSA) is 280 Å². The molecule has 0 aliphatic carbocycles. The minimum absolute atomic E-state index is 0. The fourth-order valence-corrected chi connectivity index (χ4v) is 5.39. The van der Waals surface area contributed by atoms with E-state index in [2.05, 4.69) is 269 Å². The van der Waals surface area contributed by atoms with Crippen LogP contribution in [0.25, 0.3) is 0 Å². The van der Waals surface area contributed by atoms with Crippen LogP contribution in [0, 0.1) is 0 Å². The number of nitrogens with zero attached hydrogens (tertiary/aromatic N) is 8. The number of aromatic nitrogens is 16. The minimum atomic E-state index is 0. The van der Waals surface area contributed by atoms with E-state index in [1.165, 1.54) is 45.6 Å². The summed E-state index contributed by atoms with van der Waals surface area (Å²) >= 11 is 0. The number of nitrogens with one attached hydrogen (secondary N) is 8. The molecular weight excluding hydrogens is 1460 g/mol. The van der Waals surface area contributed by atoms with Crippen molar-refractivity contribution in [1.82, 2.24) is 81.6 Å². The van der Waals surface area contributed by atoms with Crippen LogP contribution < -0.4 is 51.4 Å². The molecule has 0 aliphatic rings. The van der Waals surface area contributed by atoms with Gasteiger partial charge in [-0.15, -0.1) is 0 Å². The minimum Gasteiger partial charge on any atom is -0.870 e. The van der Waals surface area contributed by atoms with Crippen LogP contribution in [0.5, 0.6) is 0 Å². The van der Waals surface area contributed by atoms with Gasteiger partial charge in [0.2, 0.25) is 0 Å². The molecule has 0 bridgehead atoms. The average molecular weight is 1570 g/mol. The number of rotatable bonds is 0. The Morgan fingerprint density at radius 2 is 0.329 bits per heavy atom. The van der Waals surface area contributed by atoms with Crippen LogP contribution in [0.3, 0.4) is 0 Å². The molecule has 0 fully saturated rings. The van der Waals surface area contributed by atoms with E-state index in [1.54, 1.807) is 49.6 Å². The predicted molar refractivity (Wildman–Crippen MR) is 334 cm³/mol. The fraction of sp³-hybridized carbons (Fsp3) is 0.593. The number of aliphatic hydroxyl groups excluding tert-OH is 1. The summed E-state index contributed by atoms with van der Waals surface area (Å²) in [5.74, 6) is 0. The molecule has 0 saturated carbocycles. The van der Waals surface area contributed by atoms with Gasteiger partial charge in [0.05, 0.1) is 0 Å². The Bertz CT molecular complexity index is 1930. The Kier molecular flexibility index (Phi) is 53.0. The number of halogens is 2. The average Bonchev–Trinajstić information content (AvgIpc) is 4.18. The van der Waals surface area contributed by atoms with Gasteiger partial charge in [-0.3, -0.25) is 40.8 Å². The summed E-state index contributed by atoms with van der Waals surface area (Å²) in [6.45, 7) is 51.7. The van der Waals surface area contributed by atoms with Crippen molar-refractivity contribution >= 4 is 21.7 Å². The van der Waals surface area contributed by atoms with E-state index in [9.17, 15) is 0 Å². The Morgan fingerprint density at radius 3 is 0.354 bits per heavy atom. The standard InChI is InChI=1S/8C7H12N2.CH4O.2CH4.Cl2.K.H2O.2Pt/c8*1-7(2,3)6-4-5-8-9-6;1-2;;;1-2;;;;/h8*4-5H,1-3H3,(H,8,9);2H,1H3;2*1H4;;;1H2;;/q;;;;;;;;;;;;+1;;;/p-1. The SMILES string of the molecule is C.C.CC(C)(C)c1ccn[nH]1.CC(C)(C)c1ccn[nH]1.CC(C)(C)c1ccn[nH]1.CC(C)(C)c1ccn[nH]1.CC(C)(C)c1ccn[nH]1.CC(C)(C)c1ccn[nH]1.CC(C)(C)c1ccn[nH]1.CC(C)(C)c1ccn[nH]1.CO.ClCl.[K+].[OH-].[Pt].[Pt]. The van der Waals surface area contributed by atoms with Crippen LogP contribution in [0.2, 0.25) is 0 Å². The molecule has 82 heavy (non-hydrogen) atoms. The smallest absolute Gasteiger partial charge is 0.870 e. The van der Waals surface area contributed by atoms with Crippen molar-refractivity contribution in [3.8, 4) is 0 Å². The normalized spacial score (nSPS) is 10.6. The zero-order chi connectivity index (χ0) is 59.2. The van der Waals surface area contributed by atoms with Gasteiger partial charge in [-0.05, 0) is 48.5 Å². The van der Waals surface area contributed by atoms with Crippen LogP contribution in [0.1, 0.15) is 227 Å². The van der Waals surface area contributed by atoms with Crippen LogP contribution >= 0.6 is 21.7 Å². The summed E-state index contributed by atoms with van der Waals surface area (Å²) in [6, 6.07) is 16.0. The van der Waals surface area contributed by atoms with Crippen molar-refractivity contribution in [1.29, 1.82) is 0 Å². The number of aliphatic hydroxyl groups is 1. The third-order valence-electron chi connectivity index (χ3n) is 10.5. The first-order valence-electron chi connectivity index (χ1n) is 25.4. The van der Waals surface area contributed by atoms with E-state index < -0.39 is 0 Å². The van der Waals surface area contributed by atoms with Gasteiger partial charge >= 0.3 is 51.4 Å². The second-order valence-electron chi connectivity index (χ2n) is 25.8. The molecule has 0 spiro atoms. The van der Waals surface area contributed by atoms with Crippen LogP contribution in [-0.4, -0.2) is 99.3 Å². The molecule has 0 atom stereocenters. The van der Waals surface area contributed by atoms with E-state index >= 15 is 0 Å². The van der Waals surface area contributed by atoms with Gasteiger partial charge in [0.25, 0.3) is 0 Å². The summed E-state index contributed by atoms with van der Waals surface area (Å²) < 4.78 is 0. The molecule has 8 aromatic rings. The van der Waals surface area contributed by atoms with Crippen LogP contribution in [0.15, 0.2) is 98.1 Å². The zero-order valence-electron chi connectivity index (χ0n) is 53.1. The first-order valence-corrected chi connectivity index (χ1v) is 26.6. The van der Waals surface area contributed by atoms with Gasteiger partial charge in [0.15, 0.2) is 0 Å². The van der Waals surface area contributed by atoms with Gasteiger partial charge in [0.1, 0.15) is 0 Å². The third kappa shape index (κ3) is 43.8. The van der Waals surface area contributed by atoms with Crippen LogP contribution in [-0.2, 0) is 85.5 Å². The molecule has 0 amide bonds. The molecule has 472 valence electrons. The monoisotopic (exact) mass is 1570 g/mol. The van der Waals surface area contributed by atoms with E-state index in [0.717, 1.165) is 7.11 Å². The zero-order valence-corrected chi connectivity index (χ0v) is 62.3. The summed E-state index contributed by atoms with van der Waals surface area (Å²) in [6.07, 6.45) is 14.2. The number of H-pyrrole nitrogens is 8. The Labute approximate surface area is 576 Å². The van der Waals surface area contributed by atoms with Crippen molar-refractivity contribution in [2.75, 3.05) is 7.11 Å². The van der Waals surface area contributed by atoms with Crippen molar-refractivity contribution in [3.05, 3.63) is 144 Å². The number of hydrogen-bond donors (Lipinski definition) is 9. The maximum Gasteiger partial charge on any atom is 1.00 e. The largest absolute Gasteiger partial charge is 1.00 e. The summed E-state index contributed by atoms with van der Waals surface area (Å²) in [5.41, 5.74) is 11.1. The van der Waals surface area contributed by atoms with Crippen molar-refractivity contribution in [3.63, 3.8) is 0 Å². The molecule has 8 rings (SSSR count). The maximum atomic E-state index is 7.00. The van der Waals surface area contributed by atoms with Gasteiger partial charge < -0.3 is 10.6 Å². The predicted octanol–water partition coefficient (Wildman–Crippen LogP) is 12.7. The number of hydrogen-bond acceptors (Lipinski definition) is 10. The molecular formula is C59H109Cl2KN16O2Pt2. The van der Waals surface area contributed by atoms with Gasteiger partial charge in [-0.25, -0.2) is 0 Å². The summed E-state index contributed by atoms with van der Waals surface area (Å²) in [5, 5.41) is 61.3. The van der Waals surface area contributed by atoms with Gasteiger partial charge in [-0.2, -0.15) is 40.8 Å². The molecule has 18 nitrogen and oxygen atoms in total. The molecule has 0 radical (unpaired) electrons. The molecule has 0 unspecified atom stereocenters. The fourth-order valence-electron chi connectivity index (χ4n) is 5.39. The summed E-state index contributed by atoms with van der Waals surface area (Å²) in [7, 11) is 9.22. The second kappa shape index (κ2) is 45.5. The van der Waals surface area contributed by atoms with Gasteiger partial charge in [0, 0.05) is 209 Å². The molecule has 23 heteroatoms. The van der Waals surface area contributed by atoms with E-state index in [-0.39, 0.29) is 157 Å². The van der Waals surface area contributed by atoms with E-state index in [0.29, 0.717) is 0 Å². The molecule has 0 aromatic carbocycles. The Balaban J connectivity index is -0.000000125. The summed E-state index contributed by atoms with van der Waals surface area (Å²) in [4.78, 5) is 0. The quantitative estimate of drug-likeness (QED) is 0.0647. The van der Waals surface area contributed by atoms with Gasteiger partial charge in [-0.1, -0.05) is 181 Å². The molecule has 10 N–H and O–H groups in total. The van der Waals surface area contributed by atoms with Crippen molar-refractivity contribution in [2.45, 2.75) is 224 Å². The van der Waals surface area contributed by atoms with Crippen LogP contribution in [0.4, 0.5) is 0 Å². The Hall–Kier alpha value is -2.81. The van der Waals surface area contributed by atoms with E-state index in [1.807, 2.05) is 48.5 Å². The molecule has 0 aliphatic heterocycles. The van der Waals surface area contributed by atoms with E-state index in [4.69, 9.17) is 5.11 Å². The second-order valence-corrected chi connectivity index (χ2v) is 25.8. The molecule has 8 heterocycles. The third-order valence-corrected chi connectivity index (χ3v) is 10.5. The maximum absolute atomic E-state index is 7.00. The Morgan fingerprint density at radius 1 is 0.256 bits per heavy atom. The molecule has 8 aromatic heterocycles. The first kappa shape index (κ1) is 95.5. The first-order chi connectivity index (χ1) is 34.8. The van der Waals surface area contributed by atoms with Crippen molar-refractivity contribution < 1.29 is 104 Å². The molecule has 0 saturated heterocycles.